The number of esters is 1. The summed E-state index contributed by atoms with van der Waals surface area (Å²) in [6.45, 7) is 7.83. The standard InChI is InChI=1S/C56H73N9O5/c1-6-61-44-28-38-15-11-14-37-13-7-8-22-53(3,30-36-18-19-45(57)63-32-36)31-40-16-12-17-42-47(40)50(67)56(51(68)69-33-41(44)27-43(37)38)55(70-56,49(42)66)25-20-35(2)54(23-9-10-24-54)48(65-52(58)60-5)39-21-26-62-46(29-39)64-34-59-4/h11-12,15-21,26,28-29,32,37,41,43-44,48,59,61H,6-10,13-14,22-25,27,30-31,33-34H2,1-5H3,(H2,57,63)(H,62,64)(H3,58,60,65). The van der Waals surface area contributed by atoms with E-state index in [1.807, 2.05) is 55.7 Å². The molecule has 8 atom stereocenters. The number of nitrogens with zero attached hydrogens (tertiary/aromatic N) is 3. The van der Waals surface area contributed by atoms with Crippen LogP contribution >= 0.6 is 0 Å². The molecule has 372 valence electrons. The monoisotopic (exact) mass is 952 g/mol. The second-order valence-electron chi connectivity index (χ2n) is 21.3. The number of carbonyl (C=O) groups excluding carboxylic acids is 3. The molecule has 2 aromatic heterocycles. The Balaban J connectivity index is 1.12. The molecular formula is C56H73N9O5. The van der Waals surface area contributed by atoms with Gasteiger partial charge in [0, 0.05) is 54.4 Å². The van der Waals surface area contributed by atoms with Crippen molar-refractivity contribution in [2.45, 2.75) is 128 Å². The highest BCUT2D eigenvalue weighted by Gasteiger charge is 2.85. The Kier molecular flexibility index (Phi) is 14.2. The molecule has 1 spiro atoms. The van der Waals surface area contributed by atoms with Gasteiger partial charge in [-0.2, -0.15) is 0 Å². The number of cyclic esters (lactones) is 1. The summed E-state index contributed by atoms with van der Waals surface area (Å²) in [5.74, 6) is 0.600. The number of hydrogen-bond donors (Lipinski definition) is 6. The molecule has 70 heavy (non-hydrogen) atoms. The van der Waals surface area contributed by atoms with Crippen molar-refractivity contribution in [1.29, 1.82) is 0 Å². The van der Waals surface area contributed by atoms with Crippen molar-refractivity contribution in [1.82, 2.24) is 25.9 Å². The second kappa shape index (κ2) is 20.2. The van der Waals surface area contributed by atoms with Crippen LogP contribution in [0.4, 0.5) is 11.6 Å². The minimum atomic E-state index is -2.15. The van der Waals surface area contributed by atoms with E-state index >= 15 is 14.4 Å². The lowest BCUT2D eigenvalue weighted by Gasteiger charge is -2.40. The van der Waals surface area contributed by atoms with Gasteiger partial charge in [-0.25, -0.2) is 14.8 Å². The third-order valence-electron chi connectivity index (χ3n) is 16.8. The molecule has 8 unspecified atom stereocenters. The van der Waals surface area contributed by atoms with Crippen LogP contribution in [-0.4, -0.2) is 84.6 Å². The zero-order valence-corrected chi connectivity index (χ0v) is 41.7. The summed E-state index contributed by atoms with van der Waals surface area (Å²) in [4.78, 5) is 59.7. The van der Waals surface area contributed by atoms with E-state index in [-0.39, 0.29) is 53.4 Å². The van der Waals surface area contributed by atoms with Gasteiger partial charge < -0.3 is 42.2 Å². The number of ether oxygens (including phenoxy) is 2. The molecule has 2 fully saturated rings. The van der Waals surface area contributed by atoms with Crippen LogP contribution in [0.1, 0.15) is 135 Å². The van der Waals surface area contributed by atoms with Gasteiger partial charge in [-0.3, -0.25) is 14.6 Å². The third-order valence-corrected chi connectivity index (χ3v) is 16.8. The molecule has 4 aliphatic carbocycles. The molecule has 0 radical (unpaired) electrons. The Morgan fingerprint density at radius 1 is 1.03 bits per heavy atom. The minimum Gasteiger partial charge on any atom is -0.463 e. The molecule has 1 saturated heterocycles. The van der Waals surface area contributed by atoms with E-state index in [9.17, 15) is 0 Å². The Labute approximate surface area is 413 Å². The zero-order valence-electron chi connectivity index (χ0n) is 41.7. The number of fused-ring (bicyclic) bond motifs is 1. The van der Waals surface area contributed by atoms with Crippen LogP contribution in [-0.2, 0) is 27.1 Å². The van der Waals surface area contributed by atoms with Crippen molar-refractivity contribution in [3.8, 4) is 0 Å². The second-order valence-corrected chi connectivity index (χ2v) is 21.3. The lowest BCUT2D eigenvalue weighted by Crippen LogP contribution is -2.52. The number of allylic oxidation sites excluding steroid dienone is 3. The summed E-state index contributed by atoms with van der Waals surface area (Å²) in [5, 5.41) is 13.6. The van der Waals surface area contributed by atoms with E-state index < -0.39 is 28.4 Å². The number of pyridine rings is 2. The van der Waals surface area contributed by atoms with Crippen LogP contribution in [0, 0.1) is 28.6 Å². The topological polar surface area (TPSA) is 211 Å². The van der Waals surface area contributed by atoms with Crippen LogP contribution in [0.5, 0.6) is 0 Å². The van der Waals surface area contributed by atoms with Gasteiger partial charge in [-0.15, -0.1) is 0 Å². The fraction of sp³-hybridized carbons (Fsp3) is 0.536. The van der Waals surface area contributed by atoms with Crippen LogP contribution in [0.2, 0.25) is 0 Å². The number of aliphatic imine (C=N–C) groups is 1. The van der Waals surface area contributed by atoms with Gasteiger partial charge in [0.15, 0.2) is 17.3 Å². The highest BCUT2D eigenvalue weighted by Crippen LogP contribution is 2.61. The summed E-state index contributed by atoms with van der Waals surface area (Å²) in [6, 6.07) is 13.1. The average Bonchev–Trinajstić information content (AvgIpc) is 3.83. The number of nitrogens with one attached hydrogen (secondary N) is 4. The fourth-order valence-electron chi connectivity index (χ4n) is 13.1. The third kappa shape index (κ3) is 9.11. The van der Waals surface area contributed by atoms with Crippen molar-refractivity contribution in [3.63, 3.8) is 0 Å². The van der Waals surface area contributed by atoms with Crippen LogP contribution in [0.3, 0.4) is 0 Å². The number of aromatic nitrogens is 2. The zero-order chi connectivity index (χ0) is 49.3. The summed E-state index contributed by atoms with van der Waals surface area (Å²) >= 11 is 0. The molecule has 4 heterocycles. The van der Waals surface area contributed by atoms with E-state index in [0.717, 1.165) is 93.0 Å². The number of epoxide rings is 1. The number of ketones is 2. The van der Waals surface area contributed by atoms with Crippen LogP contribution in [0.25, 0.3) is 0 Å². The van der Waals surface area contributed by atoms with Gasteiger partial charge in [0.25, 0.3) is 5.60 Å². The first kappa shape index (κ1) is 49.3. The quantitative estimate of drug-likeness (QED) is 0.0185. The maximum atomic E-state index is 15.7. The van der Waals surface area contributed by atoms with Gasteiger partial charge in [-0.1, -0.05) is 93.7 Å². The molecular weight excluding hydrogens is 879 g/mol. The van der Waals surface area contributed by atoms with Gasteiger partial charge in [0.2, 0.25) is 5.78 Å². The van der Waals surface area contributed by atoms with Crippen LogP contribution in [0.15, 0.2) is 95.3 Å². The molecule has 6 aliphatic rings. The van der Waals surface area contributed by atoms with Gasteiger partial charge in [0.05, 0.1) is 19.3 Å². The lowest BCUT2D eigenvalue weighted by molar-refractivity contribution is -0.150. The lowest BCUT2D eigenvalue weighted by atomic mass is 9.67. The SMILES string of the molecule is CCNC1C=C2C=CCC3CCCCC(C)(Cc4ccc(N)nc4)Cc4cccc5c4C(=O)C4(OC4(CC=C(C)C4(C(NC(N)=NC)c6ccnc(NCNC)c6)CCCC4)C5=O)C(=O)OCC1CC23. The number of guanidine groups is 1. The predicted octanol–water partition coefficient (Wildman–Crippen LogP) is 7.73. The van der Waals surface area contributed by atoms with E-state index in [2.05, 4.69) is 75.2 Å². The smallest absolute Gasteiger partial charge is 0.350 e. The number of likely N-dealkylation sites (N-methyl/N-ethyl adjacent to an activating group) is 1. The molecule has 9 rings (SSSR count). The highest BCUT2D eigenvalue weighted by molar-refractivity contribution is 6.33. The molecule has 4 bridgehead atoms. The van der Waals surface area contributed by atoms with E-state index in [0.29, 0.717) is 48.9 Å². The summed E-state index contributed by atoms with van der Waals surface area (Å²) in [7, 11) is 3.53. The van der Waals surface area contributed by atoms with E-state index in [1.165, 1.54) is 5.57 Å². The van der Waals surface area contributed by atoms with Crippen molar-refractivity contribution < 1.29 is 23.9 Å². The van der Waals surface area contributed by atoms with Crippen molar-refractivity contribution in [3.05, 3.63) is 118 Å². The van der Waals surface area contributed by atoms with Crippen LogP contribution < -0.4 is 32.7 Å². The van der Waals surface area contributed by atoms with E-state index in [1.54, 1.807) is 19.3 Å². The van der Waals surface area contributed by atoms with Gasteiger partial charge in [-0.05, 0) is 130 Å². The van der Waals surface area contributed by atoms with Gasteiger partial charge >= 0.3 is 5.97 Å². The number of benzene rings is 1. The largest absolute Gasteiger partial charge is 0.463 e. The Bertz CT molecular complexity index is 2580. The first-order valence-electron chi connectivity index (χ1n) is 25.7. The number of carbonyl (C=O) groups is 3. The number of nitrogens with two attached hydrogens (primary N) is 2. The first-order valence-corrected chi connectivity index (χ1v) is 25.7. The molecule has 1 aromatic carbocycles. The fourth-order valence-corrected chi connectivity index (χ4v) is 13.1. The van der Waals surface area contributed by atoms with Crippen molar-refractivity contribution in [2.24, 2.45) is 39.3 Å². The number of nitrogen functional groups attached to an aromatic ring is 1. The van der Waals surface area contributed by atoms with Crippen molar-refractivity contribution in [2.75, 3.05) is 45.0 Å². The molecule has 3 aromatic rings. The first-order chi connectivity index (χ1) is 33.8. The Hall–Kier alpha value is -5.70. The maximum absolute atomic E-state index is 15.7. The summed E-state index contributed by atoms with van der Waals surface area (Å²) < 4.78 is 13.1. The molecule has 1 saturated carbocycles. The molecule has 8 N–H and O–H groups in total. The summed E-state index contributed by atoms with van der Waals surface area (Å²) in [6.07, 6.45) is 23.4. The Morgan fingerprint density at radius 2 is 1.84 bits per heavy atom. The highest BCUT2D eigenvalue weighted by atomic mass is 16.7. The maximum Gasteiger partial charge on any atom is 0.350 e. The number of Topliss-reactive ketones (excluding diaryl/α,β-unsaturated/α-hetero) is 2. The molecule has 14 heteroatoms. The molecule has 14 nitrogen and oxygen atoms in total. The summed E-state index contributed by atoms with van der Waals surface area (Å²) in [5.41, 5.74) is 13.4. The number of rotatable bonds is 13. The molecule has 2 aliphatic heterocycles. The average molecular weight is 952 g/mol. The minimum absolute atomic E-state index is 0.00674. The number of hydrogen-bond acceptors (Lipinski definition) is 12. The Morgan fingerprint density at radius 3 is 2.60 bits per heavy atom. The van der Waals surface area contributed by atoms with Crippen molar-refractivity contribution >= 4 is 35.1 Å². The normalized spacial score (nSPS) is 30.1. The number of anilines is 2. The molecule has 0 amide bonds. The van der Waals surface area contributed by atoms with E-state index in [4.69, 9.17) is 20.9 Å². The van der Waals surface area contributed by atoms with Gasteiger partial charge in [0.1, 0.15) is 11.6 Å². The predicted molar refractivity (Wildman–Crippen MR) is 274 cm³/mol.